The van der Waals surface area contributed by atoms with Gasteiger partial charge < -0.3 is 10.2 Å². The second-order valence-corrected chi connectivity index (χ2v) is 4.83. The fraction of sp³-hybridized carbons (Fsp3) is 0.222. The van der Waals surface area contributed by atoms with Gasteiger partial charge in [0.1, 0.15) is 0 Å². The van der Waals surface area contributed by atoms with Crippen LogP contribution >= 0.6 is 33.9 Å². The van der Waals surface area contributed by atoms with Gasteiger partial charge in [-0.15, -0.1) is 11.3 Å². The molecule has 0 spiro atoms. The smallest absolute Gasteiger partial charge is 0.196 e. The minimum absolute atomic E-state index is 0.571. The third-order valence-corrected chi connectivity index (χ3v) is 3.95. The number of hydrogen-bond donors (Lipinski definition) is 1. The van der Waals surface area contributed by atoms with Gasteiger partial charge in [-0.1, -0.05) is 0 Å². The Kier molecular flexibility index (Phi) is 3.19. The minimum atomic E-state index is 0.571. The van der Waals surface area contributed by atoms with Crippen molar-refractivity contribution in [2.75, 3.05) is 6.54 Å². The molecule has 14 heavy (non-hydrogen) atoms. The first-order valence-electron chi connectivity index (χ1n) is 4.19. The van der Waals surface area contributed by atoms with E-state index in [0.717, 1.165) is 10.6 Å². The van der Waals surface area contributed by atoms with Crippen LogP contribution in [0.2, 0.25) is 0 Å². The molecule has 3 nitrogen and oxygen atoms in total. The van der Waals surface area contributed by atoms with Crippen LogP contribution in [0.4, 0.5) is 0 Å². The van der Waals surface area contributed by atoms with Crippen molar-refractivity contribution >= 4 is 33.9 Å². The van der Waals surface area contributed by atoms with Crippen LogP contribution in [-0.4, -0.2) is 11.5 Å². The van der Waals surface area contributed by atoms with Crippen molar-refractivity contribution in [3.63, 3.8) is 0 Å². The Morgan fingerprint density at radius 3 is 3.07 bits per heavy atom. The Morgan fingerprint density at radius 1 is 1.57 bits per heavy atom. The van der Waals surface area contributed by atoms with Gasteiger partial charge in [-0.3, -0.25) is 0 Å². The number of nitrogens with zero attached hydrogens (tertiary/aromatic N) is 1. The van der Waals surface area contributed by atoms with E-state index < -0.39 is 0 Å². The van der Waals surface area contributed by atoms with Gasteiger partial charge in [-0.05, 0) is 34.0 Å². The van der Waals surface area contributed by atoms with Crippen LogP contribution in [0, 0.1) is 3.57 Å². The first-order chi connectivity index (χ1) is 6.81. The molecule has 0 saturated carbocycles. The molecule has 0 bridgehead atoms. The molecule has 2 heterocycles. The van der Waals surface area contributed by atoms with E-state index in [1.807, 2.05) is 5.38 Å². The monoisotopic (exact) mass is 320 g/mol. The van der Waals surface area contributed by atoms with Crippen LogP contribution < -0.4 is 5.73 Å². The maximum Gasteiger partial charge on any atom is 0.196 e. The van der Waals surface area contributed by atoms with E-state index in [-0.39, 0.29) is 0 Å². The molecule has 2 aromatic heterocycles. The SMILES string of the molecule is NCCc1ncc(-c2sccc2I)o1. The molecule has 2 N–H and O–H groups in total. The molecule has 0 amide bonds. The Morgan fingerprint density at radius 2 is 2.43 bits per heavy atom. The third kappa shape index (κ3) is 1.99. The second kappa shape index (κ2) is 4.41. The van der Waals surface area contributed by atoms with Gasteiger partial charge in [0.15, 0.2) is 11.7 Å². The Bertz CT molecular complexity index is 424. The largest absolute Gasteiger partial charge is 0.440 e. The predicted octanol–water partition coefficient (Wildman–Crippen LogP) is 2.51. The molecule has 0 unspecified atom stereocenters. The standard InChI is InChI=1S/C9H9IN2OS/c10-6-2-4-14-9(6)7-5-12-8(13-7)1-3-11/h2,4-5H,1,3,11H2. The summed E-state index contributed by atoms with van der Waals surface area (Å²) in [4.78, 5) is 5.30. The number of halogens is 1. The van der Waals surface area contributed by atoms with Gasteiger partial charge in [0, 0.05) is 16.5 Å². The van der Waals surface area contributed by atoms with Crippen LogP contribution in [0.3, 0.4) is 0 Å². The lowest BCUT2D eigenvalue weighted by molar-refractivity contribution is 0.508. The predicted molar refractivity (Wildman–Crippen MR) is 65.3 cm³/mol. The number of rotatable bonds is 3. The topological polar surface area (TPSA) is 52.0 Å². The molecule has 74 valence electrons. The highest BCUT2D eigenvalue weighted by atomic mass is 127. The van der Waals surface area contributed by atoms with Crippen molar-refractivity contribution in [2.24, 2.45) is 5.73 Å². The van der Waals surface area contributed by atoms with Gasteiger partial charge in [-0.25, -0.2) is 4.98 Å². The molecule has 0 fully saturated rings. The van der Waals surface area contributed by atoms with Gasteiger partial charge >= 0.3 is 0 Å². The molecule has 0 aliphatic carbocycles. The van der Waals surface area contributed by atoms with Crippen LogP contribution in [0.25, 0.3) is 10.6 Å². The maximum absolute atomic E-state index is 5.56. The van der Waals surface area contributed by atoms with Crippen molar-refractivity contribution in [1.29, 1.82) is 0 Å². The second-order valence-electron chi connectivity index (χ2n) is 2.75. The van der Waals surface area contributed by atoms with Gasteiger partial charge in [0.2, 0.25) is 0 Å². The van der Waals surface area contributed by atoms with Gasteiger partial charge in [-0.2, -0.15) is 0 Å². The number of oxazole rings is 1. The Balaban J connectivity index is 2.29. The molecular weight excluding hydrogens is 311 g/mol. The molecule has 0 aliphatic heterocycles. The van der Waals surface area contributed by atoms with Crippen LogP contribution in [-0.2, 0) is 6.42 Å². The minimum Gasteiger partial charge on any atom is -0.440 e. The molecule has 0 atom stereocenters. The van der Waals surface area contributed by atoms with E-state index in [1.165, 1.54) is 3.57 Å². The van der Waals surface area contributed by atoms with Gasteiger partial charge in [0.25, 0.3) is 0 Å². The summed E-state index contributed by atoms with van der Waals surface area (Å²) in [5, 5.41) is 2.04. The van der Waals surface area contributed by atoms with E-state index >= 15 is 0 Å². The highest BCUT2D eigenvalue weighted by Crippen LogP contribution is 2.30. The summed E-state index contributed by atoms with van der Waals surface area (Å²) in [5.41, 5.74) is 5.42. The van der Waals surface area contributed by atoms with Crippen LogP contribution in [0.15, 0.2) is 22.1 Å². The van der Waals surface area contributed by atoms with Crippen molar-refractivity contribution in [3.05, 3.63) is 27.1 Å². The molecule has 2 rings (SSSR count). The first kappa shape index (κ1) is 10.1. The van der Waals surface area contributed by atoms with Crippen molar-refractivity contribution < 1.29 is 4.42 Å². The Labute approximate surface area is 99.5 Å². The fourth-order valence-corrected chi connectivity index (χ4v) is 2.93. The molecule has 0 aliphatic rings. The van der Waals surface area contributed by atoms with Crippen LogP contribution in [0.5, 0.6) is 0 Å². The third-order valence-electron chi connectivity index (χ3n) is 1.75. The summed E-state index contributed by atoms with van der Waals surface area (Å²) >= 11 is 3.95. The quantitative estimate of drug-likeness (QED) is 0.884. The summed E-state index contributed by atoms with van der Waals surface area (Å²) < 4.78 is 6.76. The summed E-state index contributed by atoms with van der Waals surface area (Å²) in [6, 6.07) is 2.06. The maximum atomic E-state index is 5.56. The molecule has 2 aromatic rings. The van der Waals surface area contributed by atoms with E-state index in [0.29, 0.717) is 18.9 Å². The van der Waals surface area contributed by atoms with Gasteiger partial charge in [0.05, 0.1) is 11.1 Å². The zero-order valence-corrected chi connectivity index (χ0v) is 10.3. The van der Waals surface area contributed by atoms with E-state index in [9.17, 15) is 0 Å². The van der Waals surface area contributed by atoms with Crippen molar-refractivity contribution in [2.45, 2.75) is 6.42 Å². The highest BCUT2D eigenvalue weighted by Gasteiger charge is 2.09. The molecule has 0 aromatic carbocycles. The molecular formula is C9H9IN2OS. The fourth-order valence-electron chi connectivity index (χ4n) is 1.12. The summed E-state index contributed by atoms with van der Waals surface area (Å²) in [7, 11) is 0. The zero-order chi connectivity index (χ0) is 9.97. The lowest BCUT2D eigenvalue weighted by atomic mass is 10.4. The molecule has 0 radical (unpaired) electrons. The summed E-state index contributed by atoms with van der Waals surface area (Å²) in [5.74, 6) is 1.56. The van der Waals surface area contributed by atoms with E-state index in [2.05, 4.69) is 33.6 Å². The molecule has 5 heteroatoms. The average molecular weight is 320 g/mol. The van der Waals surface area contributed by atoms with Crippen LogP contribution in [0.1, 0.15) is 5.89 Å². The zero-order valence-electron chi connectivity index (χ0n) is 7.37. The normalized spacial score (nSPS) is 10.7. The van der Waals surface area contributed by atoms with Crippen molar-refractivity contribution in [3.8, 4) is 10.6 Å². The number of hydrogen-bond acceptors (Lipinski definition) is 4. The summed E-state index contributed by atoms with van der Waals surface area (Å²) in [6.07, 6.45) is 2.46. The molecule has 0 saturated heterocycles. The summed E-state index contributed by atoms with van der Waals surface area (Å²) in [6.45, 7) is 0.571. The van der Waals surface area contributed by atoms with Crippen molar-refractivity contribution in [1.82, 2.24) is 4.98 Å². The van der Waals surface area contributed by atoms with E-state index in [4.69, 9.17) is 10.2 Å². The van der Waals surface area contributed by atoms with E-state index in [1.54, 1.807) is 17.5 Å². The average Bonchev–Trinajstić information content (AvgIpc) is 2.74. The lowest BCUT2D eigenvalue weighted by Crippen LogP contribution is -2.02. The Hall–Kier alpha value is -0.400. The number of nitrogens with two attached hydrogens (primary N) is 1. The highest BCUT2D eigenvalue weighted by molar-refractivity contribution is 14.1. The number of aromatic nitrogens is 1. The lowest BCUT2D eigenvalue weighted by Gasteiger charge is -1.91. The first-order valence-corrected chi connectivity index (χ1v) is 6.15. The number of thiophene rings is 1.